The number of aromatic amines is 1. The summed E-state index contributed by atoms with van der Waals surface area (Å²) in [5, 5.41) is 9.69. The Labute approximate surface area is 98.7 Å². The van der Waals surface area contributed by atoms with Crippen LogP contribution in [0.25, 0.3) is 23.1 Å². The molecule has 0 spiro atoms. The molecule has 1 aromatic carbocycles. The smallest absolute Gasteiger partial charge is 0.264 e. The zero-order valence-electron chi connectivity index (χ0n) is 8.76. The van der Waals surface area contributed by atoms with Gasteiger partial charge in [0.2, 0.25) is 5.82 Å². The number of nitrogens with zero attached hydrogens (tertiary/aromatic N) is 4. The summed E-state index contributed by atoms with van der Waals surface area (Å²) in [5.74, 6) is -1.48. The van der Waals surface area contributed by atoms with E-state index >= 15 is 0 Å². The van der Waals surface area contributed by atoms with E-state index in [1.54, 1.807) is 0 Å². The first-order valence-electron chi connectivity index (χ1n) is 4.89. The zero-order valence-corrected chi connectivity index (χ0v) is 8.76. The van der Waals surface area contributed by atoms with Crippen molar-refractivity contribution in [2.45, 2.75) is 0 Å². The lowest BCUT2D eigenvalue weighted by Crippen LogP contribution is -1.90. The summed E-state index contributed by atoms with van der Waals surface area (Å²) in [5.41, 5.74) is -0.365. The molecule has 3 rings (SSSR count). The fourth-order valence-corrected chi connectivity index (χ4v) is 1.44. The van der Waals surface area contributed by atoms with Crippen LogP contribution in [-0.2, 0) is 0 Å². The predicted molar refractivity (Wildman–Crippen MR) is 55.0 cm³/mol. The number of aromatic nitrogens is 5. The van der Waals surface area contributed by atoms with E-state index < -0.39 is 11.6 Å². The summed E-state index contributed by atoms with van der Waals surface area (Å²) in [6, 6.07) is 3.47. The molecule has 8 heteroatoms. The van der Waals surface area contributed by atoms with Gasteiger partial charge in [-0.2, -0.15) is 10.1 Å². The van der Waals surface area contributed by atoms with Gasteiger partial charge in [0, 0.05) is 0 Å². The molecule has 0 amide bonds. The summed E-state index contributed by atoms with van der Waals surface area (Å²) in [7, 11) is 0. The molecule has 0 atom stereocenters. The number of rotatable bonds is 2. The minimum Gasteiger partial charge on any atom is -0.333 e. The molecule has 1 N–H and O–H groups in total. The van der Waals surface area contributed by atoms with Crippen LogP contribution in [0, 0.1) is 11.6 Å². The van der Waals surface area contributed by atoms with Gasteiger partial charge >= 0.3 is 0 Å². The lowest BCUT2D eigenvalue weighted by Gasteiger charge is -1.97. The quantitative estimate of drug-likeness (QED) is 0.748. The van der Waals surface area contributed by atoms with E-state index in [-0.39, 0.29) is 23.1 Å². The molecule has 3 aromatic rings. The second-order valence-corrected chi connectivity index (χ2v) is 3.35. The molecule has 18 heavy (non-hydrogen) atoms. The summed E-state index contributed by atoms with van der Waals surface area (Å²) < 4.78 is 31.8. The van der Waals surface area contributed by atoms with E-state index in [9.17, 15) is 8.78 Å². The van der Waals surface area contributed by atoms with Gasteiger partial charge in [-0.3, -0.25) is 5.10 Å². The molecule has 0 unspecified atom stereocenters. The van der Waals surface area contributed by atoms with Gasteiger partial charge in [-0.05, 0) is 12.1 Å². The molecule has 0 bridgehead atoms. The molecular weight excluding hydrogens is 244 g/mol. The molecule has 90 valence electrons. The monoisotopic (exact) mass is 249 g/mol. The zero-order chi connectivity index (χ0) is 12.5. The maximum Gasteiger partial charge on any atom is 0.264 e. The van der Waals surface area contributed by atoms with Crippen molar-refractivity contribution in [1.29, 1.82) is 0 Å². The average Bonchev–Trinajstić information content (AvgIpc) is 2.99. The predicted octanol–water partition coefficient (Wildman–Crippen LogP) is 1.80. The molecule has 0 fully saturated rings. The van der Waals surface area contributed by atoms with E-state index in [1.807, 2.05) is 0 Å². The number of hydrogen-bond donors (Lipinski definition) is 1. The Bertz CT molecular complexity index is 659. The van der Waals surface area contributed by atoms with Crippen LogP contribution in [0.2, 0.25) is 0 Å². The lowest BCUT2D eigenvalue weighted by molar-refractivity contribution is 0.426. The molecule has 0 aliphatic carbocycles. The van der Waals surface area contributed by atoms with Crippen molar-refractivity contribution in [3.63, 3.8) is 0 Å². The number of hydrogen-bond acceptors (Lipinski definition) is 5. The Balaban J connectivity index is 2.09. The molecule has 0 aliphatic rings. The van der Waals surface area contributed by atoms with Crippen LogP contribution in [0.1, 0.15) is 0 Å². The second-order valence-electron chi connectivity index (χ2n) is 3.35. The standard InChI is InChI=1S/C10H5F2N5O/c11-5-2-1-3-6(12)7(5)10-15-9(17-18-10)8-13-4-14-16-8/h1-4H,(H,13,14,16). The molecule has 0 aliphatic heterocycles. The van der Waals surface area contributed by atoms with E-state index in [1.165, 1.54) is 12.4 Å². The highest BCUT2D eigenvalue weighted by atomic mass is 19.1. The van der Waals surface area contributed by atoms with Crippen molar-refractivity contribution >= 4 is 0 Å². The van der Waals surface area contributed by atoms with Gasteiger partial charge in [0.15, 0.2) is 5.82 Å². The third kappa shape index (κ3) is 1.63. The van der Waals surface area contributed by atoms with Crippen LogP contribution in [-0.4, -0.2) is 25.3 Å². The van der Waals surface area contributed by atoms with Crippen LogP contribution in [0.15, 0.2) is 29.0 Å². The van der Waals surface area contributed by atoms with Gasteiger partial charge in [-0.25, -0.2) is 13.8 Å². The van der Waals surface area contributed by atoms with Gasteiger partial charge in [0.05, 0.1) is 0 Å². The van der Waals surface area contributed by atoms with Gasteiger partial charge < -0.3 is 4.52 Å². The van der Waals surface area contributed by atoms with Gasteiger partial charge in [0.25, 0.3) is 5.89 Å². The second kappa shape index (κ2) is 3.99. The van der Waals surface area contributed by atoms with Gasteiger partial charge in [-0.15, -0.1) is 0 Å². The largest absolute Gasteiger partial charge is 0.333 e. The van der Waals surface area contributed by atoms with Crippen LogP contribution in [0.5, 0.6) is 0 Å². The first-order chi connectivity index (χ1) is 8.75. The third-order valence-corrected chi connectivity index (χ3v) is 2.23. The third-order valence-electron chi connectivity index (χ3n) is 2.23. The summed E-state index contributed by atoms with van der Waals surface area (Å²) in [6.07, 6.45) is 1.26. The van der Waals surface area contributed by atoms with Gasteiger partial charge in [0.1, 0.15) is 23.5 Å². The normalized spacial score (nSPS) is 10.8. The Morgan fingerprint density at radius 2 is 1.94 bits per heavy atom. The topological polar surface area (TPSA) is 80.5 Å². The van der Waals surface area contributed by atoms with Crippen LogP contribution >= 0.6 is 0 Å². The van der Waals surface area contributed by atoms with Crippen molar-refractivity contribution in [1.82, 2.24) is 25.3 Å². The number of H-pyrrole nitrogens is 1. The maximum atomic E-state index is 13.5. The van der Waals surface area contributed by atoms with Crippen LogP contribution in [0.3, 0.4) is 0 Å². The highest BCUT2D eigenvalue weighted by molar-refractivity contribution is 5.57. The number of nitrogens with one attached hydrogen (secondary N) is 1. The first-order valence-corrected chi connectivity index (χ1v) is 4.89. The number of halogens is 2. The maximum absolute atomic E-state index is 13.5. The van der Waals surface area contributed by atoms with E-state index in [2.05, 4.69) is 25.3 Å². The van der Waals surface area contributed by atoms with E-state index in [0.717, 1.165) is 12.1 Å². The van der Waals surface area contributed by atoms with Crippen molar-refractivity contribution in [3.05, 3.63) is 36.2 Å². The molecule has 2 heterocycles. The molecule has 0 radical (unpaired) electrons. The SMILES string of the molecule is Fc1cccc(F)c1-c1nc(-c2ncn[nH]2)no1. The summed E-state index contributed by atoms with van der Waals surface area (Å²) >= 11 is 0. The van der Waals surface area contributed by atoms with E-state index in [4.69, 9.17) is 4.52 Å². The van der Waals surface area contributed by atoms with Crippen molar-refractivity contribution in [2.75, 3.05) is 0 Å². The minimum atomic E-state index is -0.775. The molecular formula is C10H5F2N5O. The average molecular weight is 249 g/mol. The highest BCUT2D eigenvalue weighted by Gasteiger charge is 2.19. The summed E-state index contributed by atoms with van der Waals surface area (Å²) in [6.45, 7) is 0. The van der Waals surface area contributed by atoms with Crippen LogP contribution < -0.4 is 0 Å². The molecule has 6 nitrogen and oxygen atoms in total. The first kappa shape index (κ1) is 10.5. The highest BCUT2D eigenvalue weighted by Crippen LogP contribution is 2.25. The van der Waals surface area contributed by atoms with Crippen molar-refractivity contribution < 1.29 is 13.3 Å². The molecule has 0 saturated heterocycles. The van der Waals surface area contributed by atoms with Crippen molar-refractivity contribution in [3.8, 4) is 23.1 Å². The Morgan fingerprint density at radius 1 is 1.17 bits per heavy atom. The Morgan fingerprint density at radius 3 is 2.61 bits per heavy atom. The van der Waals surface area contributed by atoms with Gasteiger partial charge in [-0.1, -0.05) is 11.2 Å². The minimum absolute atomic E-state index is 0.0742. The Kier molecular flexibility index (Phi) is 2.33. The molecule has 0 saturated carbocycles. The fourth-order valence-electron chi connectivity index (χ4n) is 1.44. The van der Waals surface area contributed by atoms with Crippen LogP contribution in [0.4, 0.5) is 8.78 Å². The van der Waals surface area contributed by atoms with E-state index in [0.29, 0.717) is 0 Å². The van der Waals surface area contributed by atoms with Crippen molar-refractivity contribution in [2.24, 2.45) is 0 Å². The summed E-state index contributed by atoms with van der Waals surface area (Å²) in [4.78, 5) is 7.65. The lowest BCUT2D eigenvalue weighted by atomic mass is 10.2. The molecule has 2 aromatic heterocycles. The fraction of sp³-hybridized carbons (Fsp3) is 0. The number of benzene rings is 1. The Hall–Kier alpha value is -2.64.